The predicted molar refractivity (Wildman–Crippen MR) is 66.0 cm³/mol. The lowest BCUT2D eigenvalue weighted by Gasteiger charge is -2.24. The summed E-state index contributed by atoms with van der Waals surface area (Å²) < 4.78 is 0.696. The van der Waals surface area contributed by atoms with E-state index in [9.17, 15) is 15.2 Å². The first kappa shape index (κ1) is 12.3. The standard InChI is InChI=1S/C10H12BrN3O3/c11-7-4-9(10(12-5-7)14(16)17)13-3-1-2-8(13)6-15/h4-5,8,15H,1-3,6H2/t8-/m1/s1. The van der Waals surface area contributed by atoms with Crippen LogP contribution in [0.15, 0.2) is 16.7 Å². The van der Waals surface area contributed by atoms with Gasteiger partial charge in [-0.25, -0.2) is 0 Å². The average Bonchev–Trinajstić information content (AvgIpc) is 2.76. The van der Waals surface area contributed by atoms with E-state index in [-0.39, 0.29) is 18.5 Å². The summed E-state index contributed by atoms with van der Waals surface area (Å²) in [6.07, 6.45) is 3.18. The van der Waals surface area contributed by atoms with Crippen molar-refractivity contribution in [2.24, 2.45) is 0 Å². The summed E-state index contributed by atoms with van der Waals surface area (Å²) >= 11 is 3.26. The zero-order valence-corrected chi connectivity index (χ0v) is 10.6. The van der Waals surface area contributed by atoms with Crippen LogP contribution in [-0.2, 0) is 0 Å². The van der Waals surface area contributed by atoms with Crippen molar-refractivity contribution in [2.45, 2.75) is 18.9 Å². The Hall–Kier alpha value is -1.21. The van der Waals surface area contributed by atoms with E-state index in [2.05, 4.69) is 20.9 Å². The largest absolute Gasteiger partial charge is 0.394 e. The molecule has 0 radical (unpaired) electrons. The molecule has 6 nitrogen and oxygen atoms in total. The summed E-state index contributed by atoms with van der Waals surface area (Å²) in [6, 6.07) is 1.63. The molecule has 0 aromatic carbocycles. The van der Waals surface area contributed by atoms with Gasteiger partial charge in [-0.15, -0.1) is 0 Å². The lowest BCUT2D eigenvalue weighted by atomic mass is 10.2. The number of halogens is 1. The second-order valence-corrected chi connectivity index (χ2v) is 4.84. The van der Waals surface area contributed by atoms with E-state index in [1.54, 1.807) is 6.07 Å². The number of pyridine rings is 1. The van der Waals surface area contributed by atoms with Crippen molar-refractivity contribution in [3.05, 3.63) is 26.9 Å². The van der Waals surface area contributed by atoms with E-state index in [0.717, 1.165) is 12.8 Å². The van der Waals surface area contributed by atoms with E-state index in [0.29, 0.717) is 16.7 Å². The molecule has 0 unspecified atom stereocenters. The van der Waals surface area contributed by atoms with Crippen LogP contribution in [0.2, 0.25) is 0 Å². The molecular formula is C10H12BrN3O3. The number of nitro groups is 1. The quantitative estimate of drug-likeness (QED) is 0.679. The molecule has 2 heterocycles. The number of hydrogen-bond donors (Lipinski definition) is 1. The summed E-state index contributed by atoms with van der Waals surface area (Å²) in [5, 5.41) is 20.2. The molecule has 0 spiro atoms. The normalized spacial score (nSPS) is 19.6. The Morgan fingerprint density at radius 1 is 1.71 bits per heavy atom. The summed E-state index contributed by atoms with van der Waals surface area (Å²) in [4.78, 5) is 16.1. The SMILES string of the molecule is O=[N+]([O-])c1ncc(Br)cc1N1CCC[C@@H]1CO. The molecule has 1 fully saturated rings. The molecule has 1 saturated heterocycles. The van der Waals surface area contributed by atoms with Gasteiger partial charge in [0.25, 0.3) is 0 Å². The fourth-order valence-electron chi connectivity index (χ4n) is 2.12. The molecule has 1 N–H and O–H groups in total. The number of aliphatic hydroxyl groups is 1. The van der Waals surface area contributed by atoms with Crippen molar-refractivity contribution in [1.82, 2.24) is 4.98 Å². The Bertz CT molecular complexity index is 441. The molecule has 1 aromatic heterocycles. The molecular weight excluding hydrogens is 290 g/mol. The molecule has 0 saturated carbocycles. The van der Waals surface area contributed by atoms with Gasteiger partial charge in [-0.1, -0.05) is 0 Å². The minimum Gasteiger partial charge on any atom is -0.394 e. The molecule has 7 heteroatoms. The molecule has 1 aliphatic heterocycles. The molecule has 17 heavy (non-hydrogen) atoms. The Morgan fingerprint density at radius 3 is 3.12 bits per heavy atom. The summed E-state index contributed by atoms with van der Waals surface area (Å²) in [6.45, 7) is 0.716. The van der Waals surface area contributed by atoms with E-state index in [1.807, 2.05) is 4.90 Å². The van der Waals surface area contributed by atoms with Crippen molar-refractivity contribution in [2.75, 3.05) is 18.1 Å². The first-order chi connectivity index (χ1) is 8.13. The van der Waals surface area contributed by atoms with Crippen molar-refractivity contribution in [3.8, 4) is 0 Å². The third-order valence-electron chi connectivity index (χ3n) is 2.88. The molecule has 0 amide bonds. The first-order valence-electron chi connectivity index (χ1n) is 5.31. The van der Waals surface area contributed by atoms with Crippen LogP contribution in [0.3, 0.4) is 0 Å². The maximum Gasteiger partial charge on any atom is 0.387 e. The number of aliphatic hydroxyl groups excluding tert-OH is 1. The van der Waals surface area contributed by atoms with Gasteiger partial charge in [-0.3, -0.25) is 0 Å². The smallest absolute Gasteiger partial charge is 0.387 e. The Kier molecular flexibility index (Phi) is 3.58. The molecule has 1 aromatic rings. The zero-order chi connectivity index (χ0) is 12.4. The minimum atomic E-state index is -0.492. The number of anilines is 1. The van der Waals surface area contributed by atoms with Gasteiger partial charge < -0.3 is 20.1 Å². The third kappa shape index (κ3) is 2.39. The highest BCUT2D eigenvalue weighted by Crippen LogP contribution is 2.33. The van der Waals surface area contributed by atoms with E-state index < -0.39 is 4.92 Å². The highest BCUT2D eigenvalue weighted by Gasteiger charge is 2.30. The van der Waals surface area contributed by atoms with Crippen molar-refractivity contribution in [3.63, 3.8) is 0 Å². The van der Waals surface area contributed by atoms with E-state index in [1.165, 1.54) is 6.20 Å². The van der Waals surface area contributed by atoms with Gasteiger partial charge in [0.05, 0.1) is 17.1 Å². The van der Waals surface area contributed by atoms with Crippen LogP contribution in [0, 0.1) is 10.1 Å². The summed E-state index contributed by atoms with van der Waals surface area (Å²) in [5.74, 6) is -0.159. The average molecular weight is 302 g/mol. The summed E-state index contributed by atoms with van der Waals surface area (Å²) in [5.41, 5.74) is 0.473. The van der Waals surface area contributed by atoms with Gasteiger partial charge in [-0.05, 0) is 44.7 Å². The van der Waals surface area contributed by atoms with Gasteiger partial charge in [0, 0.05) is 6.54 Å². The first-order valence-corrected chi connectivity index (χ1v) is 6.10. The zero-order valence-electron chi connectivity index (χ0n) is 9.04. The third-order valence-corrected chi connectivity index (χ3v) is 3.32. The molecule has 2 rings (SSSR count). The monoisotopic (exact) mass is 301 g/mol. The van der Waals surface area contributed by atoms with Crippen molar-refractivity contribution >= 4 is 27.4 Å². The molecule has 1 atom stereocenters. The Labute approximate surface area is 107 Å². The van der Waals surface area contributed by atoms with Crippen LogP contribution >= 0.6 is 15.9 Å². The second-order valence-electron chi connectivity index (χ2n) is 3.93. The number of nitrogens with zero attached hydrogens (tertiary/aromatic N) is 3. The predicted octanol–water partition coefficient (Wildman–Crippen LogP) is 1.71. The van der Waals surface area contributed by atoms with Crippen LogP contribution in [0.1, 0.15) is 12.8 Å². The van der Waals surface area contributed by atoms with Crippen LogP contribution < -0.4 is 4.90 Å². The van der Waals surface area contributed by atoms with Gasteiger partial charge in [-0.2, -0.15) is 0 Å². The van der Waals surface area contributed by atoms with Gasteiger partial charge >= 0.3 is 5.82 Å². The maximum atomic E-state index is 10.9. The fourth-order valence-corrected chi connectivity index (χ4v) is 2.44. The highest BCUT2D eigenvalue weighted by molar-refractivity contribution is 9.10. The van der Waals surface area contributed by atoms with Crippen molar-refractivity contribution in [1.29, 1.82) is 0 Å². The topological polar surface area (TPSA) is 79.5 Å². The number of aromatic nitrogens is 1. The molecule has 0 aliphatic carbocycles. The maximum absolute atomic E-state index is 10.9. The van der Waals surface area contributed by atoms with Gasteiger partial charge in [0.15, 0.2) is 6.20 Å². The van der Waals surface area contributed by atoms with Crippen LogP contribution in [0.5, 0.6) is 0 Å². The van der Waals surface area contributed by atoms with Crippen molar-refractivity contribution < 1.29 is 10.0 Å². The van der Waals surface area contributed by atoms with E-state index in [4.69, 9.17) is 0 Å². The number of rotatable bonds is 3. The Morgan fingerprint density at radius 2 is 2.47 bits per heavy atom. The lowest BCUT2D eigenvalue weighted by Crippen LogP contribution is -2.32. The summed E-state index contributed by atoms with van der Waals surface area (Å²) in [7, 11) is 0. The number of hydrogen-bond acceptors (Lipinski definition) is 5. The van der Waals surface area contributed by atoms with Crippen LogP contribution in [-0.4, -0.2) is 34.2 Å². The van der Waals surface area contributed by atoms with Gasteiger partial charge in [0.1, 0.15) is 5.69 Å². The Balaban J connectivity index is 2.42. The molecule has 92 valence electrons. The van der Waals surface area contributed by atoms with E-state index >= 15 is 0 Å². The second kappa shape index (κ2) is 4.97. The molecule has 1 aliphatic rings. The lowest BCUT2D eigenvalue weighted by molar-refractivity contribution is -0.388. The van der Waals surface area contributed by atoms with Gasteiger partial charge in [0.2, 0.25) is 0 Å². The minimum absolute atomic E-state index is 0.00364. The van der Waals surface area contributed by atoms with Crippen LogP contribution in [0.4, 0.5) is 11.5 Å². The van der Waals surface area contributed by atoms with Crippen LogP contribution in [0.25, 0.3) is 0 Å². The highest BCUT2D eigenvalue weighted by atomic mass is 79.9. The fraction of sp³-hybridized carbons (Fsp3) is 0.500. The molecule has 0 bridgehead atoms.